The van der Waals surface area contributed by atoms with E-state index >= 15 is 0 Å². The molecule has 1 aliphatic rings. The maximum absolute atomic E-state index is 11.6. The molecule has 0 amide bonds. The van der Waals surface area contributed by atoms with Crippen molar-refractivity contribution in [2.75, 3.05) is 0 Å². The molecule has 0 fully saturated rings. The van der Waals surface area contributed by atoms with Crippen molar-refractivity contribution < 1.29 is 0 Å². The molecule has 1 aromatic rings. The van der Waals surface area contributed by atoms with Crippen LogP contribution in [0.15, 0.2) is 4.79 Å². The molecule has 76 valence electrons. The van der Waals surface area contributed by atoms with E-state index in [1.54, 1.807) is 0 Å². The Bertz CT molecular complexity index is 397. The van der Waals surface area contributed by atoms with Gasteiger partial charge in [0, 0.05) is 19.0 Å². The molecule has 0 aliphatic carbocycles. The molecule has 2 heterocycles. The van der Waals surface area contributed by atoms with Crippen LogP contribution in [0.1, 0.15) is 43.3 Å². The second-order valence-corrected chi connectivity index (χ2v) is 3.79. The van der Waals surface area contributed by atoms with Gasteiger partial charge in [-0.25, -0.2) is 4.98 Å². The number of fused-ring (bicyclic) bond motifs is 1. The van der Waals surface area contributed by atoms with E-state index in [1.165, 1.54) is 0 Å². The van der Waals surface area contributed by atoms with Gasteiger partial charge in [0.15, 0.2) is 0 Å². The van der Waals surface area contributed by atoms with Gasteiger partial charge >= 0.3 is 0 Å². The summed E-state index contributed by atoms with van der Waals surface area (Å²) in [5.74, 6) is 1.15. The zero-order chi connectivity index (χ0) is 10.1. The van der Waals surface area contributed by atoms with Gasteiger partial charge in [0.2, 0.25) is 0 Å². The first-order chi connectivity index (χ1) is 6.72. The van der Waals surface area contributed by atoms with Gasteiger partial charge in [-0.1, -0.05) is 13.8 Å². The number of aromatic nitrogens is 2. The van der Waals surface area contributed by atoms with E-state index in [-0.39, 0.29) is 5.56 Å². The van der Waals surface area contributed by atoms with Crippen molar-refractivity contribution in [3.8, 4) is 0 Å². The van der Waals surface area contributed by atoms with Gasteiger partial charge in [0.05, 0.1) is 11.3 Å². The zero-order valence-corrected chi connectivity index (χ0v) is 8.55. The number of hydrogen-bond acceptors (Lipinski definition) is 3. The minimum Gasteiger partial charge on any atom is -0.310 e. The highest BCUT2D eigenvalue weighted by atomic mass is 16.1. The molecule has 0 bridgehead atoms. The topological polar surface area (TPSA) is 57.8 Å². The number of nitrogens with one attached hydrogen (secondary N) is 2. The summed E-state index contributed by atoms with van der Waals surface area (Å²) >= 11 is 0. The SMILES string of the molecule is CC[C@@H](C)c1nc2c(c(=O)[nH]1)CNC2. The molecule has 0 spiro atoms. The third-order valence-electron chi connectivity index (χ3n) is 2.79. The molecule has 1 aromatic heterocycles. The zero-order valence-electron chi connectivity index (χ0n) is 8.55. The molecule has 4 heteroatoms. The maximum Gasteiger partial charge on any atom is 0.255 e. The minimum atomic E-state index is 0.0234. The van der Waals surface area contributed by atoms with E-state index < -0.39 is 0 Å². The van der Waals surface area contributed by atoms with Gasteiger partial charge in [-0.15, -0.1) is 0 Å². The van der Waals surface area contributed by atoms with Crippen LogP contribution in [0.25, 0.3) is 0 Å². The molecule has 2 rings (SSSR count). The number of aromatic amines is 1. The fraction of sp³-hybridized carbons (Fsp3) is 0.600. The first-order valence-electron chi connectivity index (χ1n) is 5.05. The van der Waals surface area contributed by atoms with Crippen molar-refractivity contribution >= 4 is 0 Å². The summed E-state index contributed by atoms with van der Waals surface area (Å²) in [5.41, 5.74) is 1.75. The van der Waals surface area contributed by atoms with Gasteiger partial charge in [-0.05, 0) is 6.42 Å². The predicted molar refractivity (Wildman–Crippen MR) is 54.1 cm³/mol. The van der Waals surface area contributed by atoms with Crippen LogP contribution in [0, 0.1) is 0 Å². The Morgan fingerprint density at radius 1 is 1.50 bits per heavy atom. The molecule has 14 heavy (non-hydrogen) atoms. The van der Waals surface area contributed by atoms with E-state index in [0.29, 0.717) is 12.5 Å². The molecule has 1 atom stereocenters. The van der Waals surface area contributed by atoms with Crippen LogP contribution in [0.3, 0.4) is 0 Å². The van der Waals surface area contributed by atoms with Crippen molar-refractivity contribution in [1.29, 1.82) is 0 Å². The molecule has 0 unspecified atom stereocenters. The minimum absolute atomic E-state index is 0.0234. The third-order valence-corrected chi connectivity index (χ3v) is 2.79. The average Bonchev–Trinajstić information content (AvgIpc) is 2.64. The number of H-pyrrole nitrogens is 1. The predicted octanol–water partition coefficient (Wildman–Crippen LogP) is 0.887. The molecule has 0 aromatic carbocycles. The molecule has 4 nitrogen and oxygen atoms in total. The molecule has 2 N–H and O–H groups in total. The first kappa shape index (κ1) is 9.40. The Morgan fingerprint density at radius 3 is 3.00 bits per heavy atom. The highest BCUT2D eigenvalue weighted by molar-refractivity contribution is 5.22. The monoisotopic (exact) mass is 193 g/mol. The lowest BCUT2D eigenvalue weighted by molar-refractivity contribution is 0.666. The van der Waals surface area contributed by atoms with Crippen molar-refractivity contribution in [3.63, 3.8) is 0 Å². The Labute approximate surface area is 82.8 Å². The summed E-state index contributed by atoms with van der Waals surface area (Å²) in [5, 5.41) is 3.13. The normalized spacial score (nSPS) is 16.7. The third kappa shape index (κ3) is 1.46. The lowest BCUT2D eigenvalue weighted by Gasteiger charge is -2.08. The van der Waals surface area contributed by atoms with E-state index in [4.69, 9.17) is 0 Å². The Hall–Kier alpha value is -1.16. The van der Waals surface area contributed by atoms with Crippen LogP contribution in [0.5, 0.6) is 0 Å². The van der Waals surface area contributed by atoms with E-state index in [1.807, 2.05) is 0 Å². The van der Waals surface area contributed by atoms with Crippen LogP contribution in [0.2, 0.25) is 0 Å². The van der Waals surface area contributed by atoms with Crippen molar-refractivity contribution in [2.45, 2.75) is 39.3 Å². The summed E-state index contributed by atoms with van der Waals surface area (Å²) in [6, 6.07) is 0. The maximum atomic E-state index is 11.6. The van der Waals surface area contributed by atoms with Crippen molar-refractivity contribution in [2.24, 2.45) is 0 Å². The summed E-state index contributed by atoms with van der Waals surface area (Å²) in [4.78, 5) is 18.9. The Balaban J connectivity index is 2.47. The second-order valence-electron chi connectivity index (χ2n) is 3.79. The van der Waals surface area contributed by atoms with Crippen molar-refractivity contribution in [1.82, 2.24) is 15.3 Å². The molecular formula is C10H15N3O. The molecular weight excluding hydrogens is 178 g/mol. The van der Waals surface area contributed by atoms with Gasteiger partial charge in [0.25, 0.3) is 5.56 Å². The van der Waals surface area contributed by atoms with Crippen LogP contribution in [-0.2, 0) is 13.1 Å². The first-order valence-corrected chi connectivity index (χ1v) is 5.05. The average molecular weight is 193 g/mol. The standard InChI is InChI=1S/C10H15N3O/c1-3-6(2)9-12-8-5-11-4-7(8)10(14)13-9/h6,11H,3-5H2,1-2H3,(H,12,13,14)/t6-/m1/s1. The summed E-state index contributed by atoms with van der Waals surface area (Å²) in [7, 11) is 0. The van der Waals surface area contributed by atoms with Crippen LogP contribution in [0.4, 0.5) is 0 Å². The summed E-state index contributed by atoms with van der Waals surface area (Å²) < 4.78 is 0. The largest absolute Gasteiger partial charge is 0.310 e. The molecule has 0 saturated carbocycles. The Kier molecular flexibility index (Phi) is 2.37. The van der Waals surface area contributed by atoms with E-state index in [2.05, 4.69) is 29.1 Å². The molecule has 0 radical (unpaired) electrons. The highest BCUT2D eigenvalue weighted by Crippen LogP contribution is 2.15. The molecule has 0 saturated heterocycles. The number of nitrogens with zero attached hydrogens (tertiary/aromatic N) is 1. The van der Waals surface area contributed by atoms with Gasteiger partial charge in [-0.2, -0.15) is 0 Å². The van der Waals surface area contributed by atoms with Gasteiger partial charge in [0.1, 0.15) is 5.82 Å². The smallest absolute Gasteiger partial charge is 0.255 e. The fourth-order valence-corrected chi connectivity index (χ4v) is 1.62. The second kappa shape index (κ2) is 3.53. The van der Waals surface area contributed by atoms with Crippen LogP contribution in [-0.4, -0.2) is 9.97 Å². The number of hydrogen-bond donors (Lipinski definition) is 2. The van der Waals surface area contributed by atoms with Crippen molar-refractivity contribution in [3.05, 3.63) is 27.4 Å². The van der Waals surface area contributed by atoms with Crippen LogP contribution >= 0.6 is 0 Å². The van der Waals surface area contributed by atoms with Crippen LogP contribution < -0.4 is 10.9 Å². The lowest BCUT2D eigenvalue weighted by atomic mass is 10.1. The Morgan fingerprint density at radius 2 is 2.29 bits per heavy atom. The van der Waals surface area contributed by atoms with E-state index in [0.717, 1.165) is 30.0 Å². The summed E-state index contributed by atoms with van der Waals surface area (Å²) in [6.45, 7) is 5.55. The summed E-state index contributed by atoms with van der Waals surface area (Å²) in [6.07, 6.45) is 0.995. The highest BCUT2D eigenvalue weighted by Gasteiger charge is 2.17. The van der Waals surface area contributed by atoms with E-state index in [9.17, 15) is 4.79 Å². The lowest BCUT2D eigenvalue weighted by Crippen LogP contribution is -2.18. The van der Waals surface area contributed by atoms with Gasteiger partial charge < -0.3 is 10.3 Å². The quantitative estimate of drug-likeness (QED) is 0.733. The van der Waals surface area contributed by atoms with Gasteiger partial charge in [-0.3, -0.25) is 4.79 Å². The fourth-order valence-electron chi connectivity index (χ4n) is 1.62. The molecule has 1 aliphatic heterocycles. The number of rotatable bonds is 2.